The predicted molar refractivity (Wildman–Crippen MR) is 123 cm³/mol. The molecule has 2 aromatic carbocycles. The van der Waals surface area contributed by atoms with E-state index in [1.165, 1.54) is 22.1 Å². The lowest BCUT2D eigenvalue weighted by Crippen LogP contribution is -2.44. The fraction of sp³-hybridized carbons (Fsp3) is 0.364. The number of thioether (sulfide) groups is 1. The van der Waals surface area contributed by atoms with Crippen molar-refractivity contribution in [1.82, 2.24) is 9.21 Å². The van der Waals surface area contributed by atoms with Gasteiger partial charge in [0.25, 0.3) is 5.91 Å². The zero-order chi connectivity index (χ0) is 22.7. The molecule has 1 atom stereocenters. The average Bonchev–Trinajstić information content (AvgIpc) is 3.31. The molecule has 2 saturated heterocycles. The molecule has 0 spiro atoms. The van der Waals surface area contributed by atoms with Gasteiger partial charge in [0.2, 0.25) is 15.9 Å². The molecule has 2 heterocycles. The highest BCUT2D eigenvalue weighted by Gasteiger charge is 2.35. The van der Waals surface area contributed by atoms with Crippen LogP contribution in [0.15, 0.2) is 53.4 Å². The third kappa shape index (κ3) is 4.68. The van der Waals surface area contributed by atoms with Crippen molar-refractivity contribution < 1.29 is 22.7 Å². The number of carbonyl (C=O) groups is 2. The highest BCUT2D eigenvalue weighted by atomic mass is 32.2. The maximum Gasteiger partial charge on any atom is 0.255 e. The van der Waals surface area contributed by atoms with E-state index in [4.69, 9.17) is 4.74 Å². The first-order chi connectivity index (χ1) is 15.4. The second-order valence-corrected chi connectivity index (χ2v) is 10.5. The number of rotatable bonds is 5. The maximum absolute atomic E-state index is 13.1. The first kappa shape index (κ1) is 22.8. The molecule has 2 fully saturated rings. The van der Waals surface area contributed by atoms with Crippen LogP contribution in [0.1, 0.15) is 15.9 Å². The minimum absolute atomic E-state index is 0.162. The van der Waals surface area contributed by atoms with Crippen molar-refractivity contribution in [2.45, 2.75) is 17.9 Å². The van der Waals surface area contributed by atoms with Crippen molar-refractivity contribution in [3.05, 3.63) is 59.7 Å². The number of aryl methyl sites for hydroxylation is 1. The number of ether oxygens (including phenoxy) is 1. The van der Waals surface area contributed by atoms with E-state index < -0.39 is 16.1 Å². The SMILES string of the molecule is Cc1ccc(NC(=O)[C@@H]2CSCN2C(=O)c2ccccc2)cc1S(=O)(=O)N1CCOCC1. The lowest BCUT2D eigenvalue weighted by Gasteiger charge is -2.27. The van der Waals surface area contributed by atoms with Crippen LogP contribution >= 0.6 is 11.8 Å². The number of hydrogen-bond donors (Lipinski definition) is 1. The van der Waals surface area contributed by atoms with Crippen molar-refractivity contribution in [1.29, 1.82) is 0 Å². The lowest BCUT2D eigenvalue weighted by molar-refractivity contribution is -0.119. The van der Waals surface area contributed by atoms with Gasteiger partial charge in [0.15, 0.2) is 0 Å². The molecule has 1 N–H and O–H groups in total. The van der Waals surface area contributed by atoms with Gasteiger partial charge < -0.3 is 15.0 Å². The van der Waals surface area contributed by atoms with Crippen LogP contribution in [0.2, 0.25) is 0 Å². The van der Waals surface area contributed by atoms with E-state index in [9.17, 15) is 18.0 Å². The average molecular weight is 476 g/mol. The predicted octanol–water partition coefficient (Wildman–Crippen LogP) is 2.17. The van der Waals surface area contributed by atoms with Gasteiger partial charge in [0.05, 0.1) is 24.0 Å². The minimum Gasteiger partial charge on any atom is -0.379 e. The number of morpholine rings is 1. The van der Waals surface area contributed by atoms with Gasteiger partial charge in [-0.15, -0.1) is 11.8 Å². The van der Waals surface area contributed by atoms with Gasteiger partial charge in [-0.25, -0.2) is 8.42 Å². The van der Waals surface area contributed by atoms with Gasteiger partial charge in [-0.05, 0) is 36.8 Å². The molecule has 0 saturated carbocycles. The largest absolute Gasteiger partial charge is 0.379 e. The van der Waals surface area contributed by atoms with Crippen molar-refractivity contribution in [3.63, 3.8) is 0 Å². The summed E-state index contributed by atoms with van der Waals surface area (Å²) in [5, 5.41) is 2.81. The van der Waals surface area contributed by atoms with E-state index in [-0.39, 0.29) is 16.7 Å². The molecule has 8 nitrogen and oxygen atoms in total. The first-order valence-corrected chi connectivity index (χ1v) is 12.9. The Labute approximate surface area is 192 Å². The highest BCUT2D eigenvalue weighted by molar-refractivity contribution is 7.99. The third-order valence-corrected chi connectivity index (χ3v) is 8.56. The number of hydrogen-bond acceptors (Lipinski definition) is 6. The Kier molecular flexibility index (Phi) is 6.85. The van der Waals surface area contributed by atoms with Crippen molar-refractivity contribution in [2.24, 2.45) is 0 Å². The molecule has 0 bridgehead atoms. The summed E-state index contributed by atoms with van der Waals surface area (Å²) in [7, 11) is -3.70. The number of sulfonamides is 1. The number of carbonyl (C=O) groups excluding carboxylic acids is 2. The molecule has 10 heteroatoms. The van der Waals surface area contributed by atoms with Gasteiger partial charge in [-0.2, -0.15) is 4.31 Å². The molecule has 32 heavy (non-hydrogen) atoms. The van der Waals surface area contributed by atoms with E-state index >= 15 is 0 Å². The van der Waals surface area contributed by atoms with E-state index in [2.05, 4.69) is 5.32 Å². The number of nitrogens with one attached hydrogen (secondary N) is 1. The summed E-state index contributed by atoms with van der Waals surface area (Å²) < 4.78 is 32.9. The smallest absolute Gasteiger partial charge is 0.255 e. The van der Waals surface area contributed by atoms with Crippen molar-refractivity contribution >= 4 is 39.3 Å². The van der Waals surface area contributed by atoms with Gasteiger partial charge in [-0.3, -0.25) is 9.59 Å². The normalized spacial score (nSPS) is 19.7. The van der Waals surface area contributed by atoms with Crippen LogP contribution in [-0.2, 0) is 19.6 Å². The van der Waals surface area contributed by atoms with Gasteiger partial charge in [0, 0.05) is 30.1 Å². The molecule has 170 valence electrons. The van der Waals surface area contributed by atoms with Gasteiger partial charge in [0.1, 0.15) is 6.04 Å². The summed E-state index contributed by atoms with van der Waals surface area (Å²) in [4.78, 5) is 27.6. The van der Waals surface area contributed by atoms with Crippen LogP contribution in [0.25, 0.3) is 0 Å². The van der Waals surface area contributed by atoms with Crippen LogP contribution in [0.5, 0.6) is 0 Å². The Morgan fingerprint density at radius 1 is 1.09 bits per heavy atom. The summed E-state index contributed by atoms with van der Waals surface area (Å²) in [6, 6.07) is 13.1. The fourth-order valence-corrected chi connectivity index (χ4v) is 6.53. The Balaban J connectivity index is 1.52. The number of nitrogens with zero attached hydrogens (tertiary/aromatic N) is 2. The zero-order valence-corrected chi connectivity index (χ0v) is 19.3. The first-order valence-electron chi connectivity index (χ1n) is 10.3. The molecular weight excluding hydrogens is 450 g/mol. The minimum atomic E-state index is -3.70. The fourth-order valence-electron chi connectivity index (χ4n) is 3.71. The molecule has 4 rings (SSSR count). The zero-order valence-electron chi connectivity index (χ0n) is 17.7. The van der Waals surface area contributed by atoms with Gasteiger partial charge in [-0.1, -0.05) is 24.3 Å². The Morgan fingerprint density at radius 2 is 1.81 bits per heavy atom. The Hall–Kier alpha value is -2.40. The van der Waals surface area contributed by atoms with E-state index in [1.807, 2.05) is 6.07 Å². The molecule has 0 aromatic heterocycles. The van der Waals surface area contributed by atoms with Crippen LogP contribution < -0.4 is 5.32 Å². The van der Waals surface area contributed by atoms with E-state index in [0.717, 1.165) is 0 Å². The number of amides is 2. The third-order valence-electron chi connectivity index (χ3n) is 5.51. The standard InChI is InChI=1S/C22H25N3O5S2/c1-16-7-8-18(13-20(16)32(28,29)24-9-11-30-12-10-24)23-21(26)19-14-31-15-25(19)22(27)17-5-3-2-4-6-17/h2-8,13,19H,9-12,14-15H2,1H3,(H,23,26)/t19-/m0/s1. The van der Waals surface area contributed by atoms with Crippen LogP contribution in [0, 0.1) is 6.92 Å². The van der Waals surface area contributed by atoms with Crippen LogP contribution in [0.4, 0.5) is 5.69 Å². The summed E-state index contributed by atoms with van der Waals surface area (Å²) in [6.07, 6.45) is 0. The molecule has 2 aliphatic rings. The van der Waals surface area contributed by atoms with Gasteiger partial charge >= 0.3 is 0 Å². The van der Waals surface area contributed by atoms with E-state index in [1.54, 1.807) is 48.2 Å². The quantitative estimate of drug-likeness (QED) is 0.712. The summed E-state index contributed by atoms with van der Waals surface area (Å²) in [6.45, 7) is 3.05. The summed E-state index contributed by atoms with van der Waals surface area (Å²) in [5.74, 6) is 0.374. The Bertz CT molecular complexity index is 1100. The monoisotopic (exact) mass is 475 g/mol. The molecule has 2 aromatic rings. The molecule has 0 radical (unpaired) electrons. The summed E-state index contributed by atoms with van der Waals surface area (Å²) in [5.41, 5.74) is 1.52. The molecule has 2 amide bonds. The second kappa shape index (κ2) is 9.62. The summed E-state index contributed by atoms with van der Waals surface area (Å²) >= 11 is 1.51. The lowest BCUT2D eigenvalue weighted by atomic mass is 10.1. The topological polar surface area (TPSA) is 96.0 Å². The maximum atomic E-state index is 13.1. The highest BCUT2D eigenvalue weighted by Crippen LogP contribution is 2.27. The van der Waals surface area contributed by atoms with E-state index in [0.29, 0.717) is 54.7 Å². The van der Waals surface area contributed by atoms with Crippen LogP contribution in [-0.4, -0.2) is 73.4 Å². The number of benzene rings is 2. The molecule has 2 aliphatic heterocycles. The molecule has 0 unspecified atom stereocenters. The number of anilines is 1. The molecule has 0 aliphatic carbocycles. The molecular formula is C22H25N3O5S2. The van der Waals surface area contributed by atoms with Crippen molar-refractivity contribution in [2.75, 3.05) is 43.2 Å². The van der Waals surface area contributed by atoms with Crippen LogP contribution in [0.3, 0.4) is 0 Å². The second-order valence-electron chi connectivity index (χ2n) is 7.64. The Morgan fingerprint density at radius 3 is 2.53 bits per heavy atom. The van der Waals surface area contributed by atoms with Crippen molar-refractivity contribution in [3.8, 4) is 0 Å².